The van der Waals surface area contributed by atoms with Gasteiger partial charge in [0.05, 0.1) is 32.1 Å². The number of nitrogens with one attached hydrogen (secondary N) is 1. The highest BCUT2D eigenvalue weighted by Gasteiger charge is 2.30. The number of hydrazone groups is 1. The van der Waals surface area contributed by atoms with Gasteiger partial charge in [-0.3, -0.25) is 4.79 Å². The molecule has 1 amide bonds. The molecule has 1 saturated heterocycles. The summed E-state index contributed by atoms with van der Waals surface area (Å²) in [6.07, 6.45) is -3.14. The van der Waals surface area contributed by atoms with Crippen molar-refractivity contribution in [3.05, 3.63) is 59.2 Å². The maximum absolute atomic E-state index is 12.8. The lowest BCUT2D eigenvalue weighted by atomic mass is 10.1. The first-order valence-electron chi connectivity index (χ1n) is 8.90. The molecule has 0 unspecified atom stereocenters. The van der Waals surface area contributed by atoms with E-state index in [1.807, 2.05) is 12.1 Å². The van der Waals surface area contributed by atoms with E-state index in [0.29, 0.717) is 24.5 Å². The maximum atomic E-state index is 12.8. The predicted molar refractivity (Wildman–Crippen MR) is 103 cm³/mol. The second-order valence-corrected chi connectivity index (χ2v) is 6.30. The zero-order valence-electron chi connectivity index (χ0n) is 15.7. The molecule has 1 aliphatic rings. The van der Waals surface area contributed by atoms with Crippen molar-refractivity contribution in [2.75, 3.05) is 38.3 Å². The highest BCUT2D eigenvalue weighted by Crippen LogP contribution is 2.29. The van der Waals surface area contributed by atoms with Crippen LogP contribution < -0.4 is 15.1 Å². The van der Waals surface area contributed by atoms with E-state index in [1.54, 1.807) is 6.07 Å². The first-order valence-corrected chi connectivity index (χ1v) is 8.90. The van der Waals surface area contributed by atoms with Gasteiger partial charge in [-0.1, -0.05) is 6.07 Å². The second kappa shape index (κ2) is 8.95. The quantitative estimate of drug-likeness (QED) is 0.610. The molecule has 0 bridgehead atoms. The molecule has 154 valence electrons. The van der Waals surface area contributed by atoms with Crippen LogP contribution in [0, 0.1) is 0 Å². The third-order valence-corrected chi connectivity index (χ3v) is 4.42. The molecule has 0 radical (unpaired) electrons. The van der Waals surface area contributed by atoms with Crippen molar-refractivity contribution in [3.63, 3.8) is 0 Å². The Morgan fingerprint density at radius 2 is 1.97 bits per heavy atom. The highest BCUT2D eigenvalue weighted by molar-refractivity contribution is 5.95. The SMILES string of the molecule is COc1cc(N2CCOCC2)ccc1/C=N\NC(=O)c1cccc(C(F)(F)F)c1. The number of ether oxygens (including phenoxy) is 2. The van der Waals surface area contributed by atoms with Crippen LogP contribution in [-0.2, 0) is 10.9 Å². The lowest BCUT2D eigenvalue weighted by Crippen LogP contribution is -2.36. The molecule has 0 aromatic heterocycles. The summed E-state index contributed by atoms with van der Waals surface area (Å²) in [5.41, 5.74) is 2.81. The standard InChI is InChI=1S/C20H20F3N3O3/c1-28-18-12-17(26-7-9-29-10-8-26)6-5-15(18)13-24-25-19(27)14-3-2-4-16(11-14)20(21,22)23/h2-6,11-13H,7-10H2,1H3,(H,25,27)/b24-13-. The number of amides is 1. The van der Waals surface area contributed by atoms with Crippen LogP contribution in [0.25, 0.3) is 0 Å². The van der Waals surface area contributed by atoms with Gasteiger partial charge in [0.1, 0.15) is 5.75 Å². The smallest absolute Gasteiger partial charge is 0.416 e. The van der Waals surface area contributed by atoms with E-state index in [1.165, 1.54) is 25.5 Å². The number of hydrogen-bond acceptors (Lipinski definition) is 5. The van der Waals surface area contributed by atoms with Gasteiger partial charge in [-0.25, -0.2) is 5.43 Å². The van der Waals surface area contributed by atoms with Crippen LogP contribution in [0.3, 0.4) is 0 Å². The van der Waals surface area contributed by atoms with Gasteiger partial charge in [-0.05, 0) is 30.3 Å². The molecule has 1 aliphatic heterocycles. The van der Waals surface area contributed by atoms with Gasteiger partial charge >= 0.3 is 6.18 Å². The number of hydrogen-bond donors (Lipinski definition) is 1. The van der Waals surface area contributed by atoms with Crippen molar-refractivity contribution in [1.29, 1.82) is 0 Å². The fourth-order valence-corrected chi connectivity index (χ4v) is 2.89. The number of rotatable bonds is 5. The normalized spacial score (nSPS) is 14.8. The Kier molecular flexibility index (Phi) is 6.38. The molecule has 29 heavy (non-hydrogen) atoms. The maximum Gasteiger partial charge on any atom is 0.416 e. The number of carbonyl (C=O) groups excluding carboxylic acids is 1. The Morgan fingerprint density at radius 3 is 2.66 bits per heavy atom. The van der Waals surface area contributed by atoms with Gasteiger partial charge in [-0.2, -0.15) is 18.3 Å². The zero-order valence-corrected chi connectivity index (χ0v) is 15.7. The van der Waals surface area contributed by atoms with Gasteiger partial charge in [-0.15, -0.1) is 0 Å². The number of anilines is 1. The minimum atomic E-state index is -4.52. The van der Waals surface area contributed by atoms with Gasteiger partial charge in [0.2, 0.25) is 0 Å². The third kappa shape index (κ3) is 5.26. The minimum absolute atomic E-state index is 0.133. The zero-order chi connectivity index (χ0) is 20.9. The van der Waals surface area contributed by atoms with Crippen LogP contribution in [0.1, 0.15) is 21.5 Å². The average Bonchev–Trinajstić information content (AvgIpc) is 2.74. The molecule has 0 spiro atoms. The van der Waals surface area contributed by atoms with E-state index in [4.69, 9.17) is 9.47 Å². The lowest BCUT2D eigenvalue weighted by molar-refractivity contribution is -0.137. The van der Waals surface area contributed by atoms with E-state index < -0.39 is 17.6 Å². The third-order valence-electron chi connectivity index (χ3n) is 4.42. The number of alkyl halides is 3. The fourth-order valence-electron chi connectivity index (χ4n) is 2.89. The van der Waals surface area contributed by atoms with Crippen LogP contribution >= 0.6 is 0 Å². The van der Waals surface area contributed by atoms with Crippen LogP contribution in [0.15, 0.2) is 47.6 Å². The Hall–Kier alpha value is -3.07. The summed E-state index contributed by atoms with van der Waals surface area (Å²) in [4.78, 5) is 14.3. The van der Waals surface area contributed by atoms with Gasteiger partial charge in [0, 0.05) is 36.0 Å². The second-order valence-electron chi connectivity index (χ2n) is 6.30. The summed E-state index contributed by atoms with van der Waals surface area (Å²) in [7, 11) is 1.52. The molecule has 2 aromatic carbocycles. The largest absolute Gasteiger partial charge is 0.496 e. The van der Waals surface area contributed by atoms with Crippen LogP contribution in [0.4, 0.5) is 18.9 Å². The Labute approximate surface area is 165 Å². The molecular formula is C20H20F3N3O3. The topological polar surface area (TPSA) is 63.2 Å². The van der Waals surface area contributed by atoms with E-state index >= 15 is 0 Å². The Morgan fingerprint density at radius 1 is 1.21 bits per heavy atom. The molecule has 0 aliphatic carbocycles. The van der Waals surface area contributed by atoms with Crippen LogP contribution in [-0.4, -0.2) is 45.5 Å². The molecule has 1 heterocycles. The van der Waals surface area contributed by atoms with Crippen molar-refractivity contribution in [1.82, 2.24) is 5.43 Å². The molecule has 0 saturated carbocycles. The average molecular weight is 407 g/mol. The first-order chi connectivity index (χ1) is 13.9. The summed E-state index contributed by atoms with van der Waals surface area (Å²) in [5, 5.41) is 3.84. The van der Waals surface area contributed by atoms with Gasteiger partial charge in [0.25, 0.3) is 5.91 Å². The summed E-state index contributed by atoms with van der Waals surface area (Å²) in [6.45, 7) is 2.88. The molecule has 6 nitrogen and oxygen atoms in total. The van der Waals surface area contributed by atoms with E-state index in [2.05, 4.69) is 15.4 Å². The number of benzene rings is 2. The molecule has 1 fully saturated rings. The number of nitrogens with zero attached hydrogens (tertiary/aromatic N) is 2. The summed E-state index contributed by atoms with van der Waals surface area (Å²) >= 11 is 0. The molecule has 0 atom stereocenters. The van der Waals surface area contributed by atoms with Crippen molar-refractivity contribution in [3.8, 4) is 5.75 Å². The number of halogens is 3. The Bertz CT molecular complexity index is 894. The molecular weight excluding hydrogens is 387 g/mol. The van der Waals surface area contributed by atoms with Crippen molar-refractivity contribution < 1.29 is 27.4 Å². The fraction of sp³-hybridized carbons (Fsp3) is 0.300. The van der Waals surface area contributed by atoms with Crippen LogP contribution in [0.2, 0.25) is 0 Å². The number of morpholine rings is 1. The summed E-state index contributed by atoms with van der Waals surface area (Å²) in [5.74, 6) is -0.178. The van der Waals surface area contributed by atoms with Gasteiger partial charge in [0.15, 0.2) is 0 Å². The monoisotopic (exact) mass is 407 g/mol. The molecule has 1 N–H and O–H groups in total. The molecule has 3 rings (SSSR count). The van der Waals surface area contributed by atoms with E-state index in [-0.39, 0.29) is 5.56 Å². The van der Waals surface area contributed by atoms with E-state index in [0.717, 1.165) is 30.9 Å². The molecule has 9 heteroatoms. The highest BCUT2D eigenvalue weighted by atomic mass is 19.4. The van der Waals surface area contributed by atoms with Crippen LogP contribution in [0.5, 0.6) is 5.75 Å². The summed E-state index contributed by atoms with van der Waals surface area (Å²) in [6, 6.07) is 9.71. The Balaban J connectivity index is 1.69. The van der Waals surface area contributed by atoms with Crippen molar-refractivity contribution in [2.24, 2.45) is 5.10 Å². The first kappa shape index (κ1) is 20.7. The van der Waals surface area contributed by atoms with Gasteiger partial charge < -0.3 is 14.4 Å². The van der Waals surface area contributed by atoms with Crippen molar-refractivity contribution in [2.45, 2.75) is 6.18 Å². The number of methoxy groups -OCH3 is 1. The number of carbonyl (C=O) groups is 1. The minimum Gasteiger partial charge on any atom is -0.496 e. The summed E-state index contributed by atoms with van der Waals surface area (Å²) < 4.78 is 49.0. The van der Waals surface area contributed by atoms with Crippen molar-refractivity contribution >= 4 is 17.8 Å². The lowest BCUT2D eigenvalue weighted by Gasteiger charge is -2.29. The predicted octanol–water partition coefficient (Wildman–Crippen LogP) is 3.31. The van der Waals surface area contributed by atoms with E-state index in [9.17, 15) is 18.0 Å². The molecule has 2 aromatic rings.